The maximum absolute atomic E-state index is 12.4. The van der Waals surface area contributed by atoms with Crippen molar-refractivity contribution in [3.63, 3.8) is 0 Å². The molecule has 0 bridgehead atoms. The van der Waals surface area contributed by atoms with Gasteiger partial charge in [-0.1, -0.05) is 29.8 Å². The summed E-state index contributed by atoms with van der Waals surface area (Å²) in [7, 11) is 0. The van der Waals surface area contributed by atoms with Crippen LogP contribution in [0.1, 0.15) is 50.2 Å². The van der Waals surface area contributed by atoms with Crippen LogP contribution in [-0.4, -0.2) is 35.9 Å². The van der Waals surface area contributed by atoms with E-state index >= 15 is 0 Å². The molecular weight excluding hydrogens is 334 g/mol. The van der Waals surface area contributed by atoms with E-state index in [0.717, 1.165) is 11.1 Å². The maximum Gasteiger partial charge on any atom is 0.340 e. The monoisotopic (exact) mass is 357 g/mol. The minimum absolute atomic E-state index is 0.102. The number of aromatic amines is 1. The highest BCUT2D eigenvalue weighted by atomic mass is 16.5. The zero-order chi connectivity index (χ0) is 19.3. The van der Waals surface area contributed by atoms with Crippen LogP contribution in [0.5, 0.6) is 0 Å². The van der Waals surface area contributed by atoms with Crippen LogP contribution < -0.4 is 0 Å². The first-order valence-electron chi connectivity index (χ1n) is 8.44. The van der Waals surface area contributed by atoms with Crippen LogP contribution in [0.3, 0.4) is 0 Å². The lowest BCUT2D eigenvalue weighted by Crippen LogP contribution is -2.17. The van der Waals surface area contributed by atoms with E-state index in [1.165, 1.54) is 0 Å². The van der Waals surface area contributed by atoms with Gasteiger partial charge in [-0.25, -0.2) is 4.79 Å². The van der Waals surface area contributed by atoms with E-state index in [1.54, 1.807) is 20.8 Å². The van der Waals surface area contributed by atoms with Gasteiger partial charge in [-0.15, -0.1) is 0 Å². The quantitative estimate of drug-likeness (QED) is 0.608. The van der Waals surface area contributed by atoms with Gasteiger partial charge in [0.25, 0.3) is 0 Å². The highest BCUT2D eigenvalue weighted by molar-refractivity contribution is 6.02. The molecule has 0 atom stereocenters. The van der Waals surface area contributed by atoms with Crippen LogP contribution in [0.2, 0.25) is 0 Å². The number of nitrogens with one attached hydrogen (secondary N) is 1. The molecule has 0 aliphatic rings. The molecule has 0 aliphatic heterocycles. The Morgan fingerprint density at radius 1 is 1.00 bits per heavy atom. The summed E-state index contributed by atoms with van der Waals surface area (Å²) in [6.45, 7) is 6.91. The molecule has 0 saturated heterocycles. The van der Waals surface area contributed by atoms with Crippen molar-refractivity contribution in [3.05, 3.63) is 57.9 Å². The minimum Gasteiger partial charge on any atom is -0.462 e. The van der Waals surface area contributed by atoms with E-state index in [4.69, 9.17) is 9.47 Å². The third kappa shape index (κ3) is 4.59. The molecule has 1 aromatic carbocycles. The number of Topliss-reactive ketones (excluding diaryl/α,β-unsaturated/α-hetero) is 1. The van der Waals surface area contributed by atoms with Crippen LogP contribution in [0, 0.1) is 20.8 Å². The molecule has 1 N–H and O–H groups in total. The second-order valence-electron chi connectivity index (χ2n) is 6.09. The molecule has 138 valence electrons. The average Bonchev–Trinajstić information content (AvgIpc) is 2.89. The normalized spacial score (nSPS) is 10.5. The fourth-order valence-corrected chi connectivity index (χ4v) is 2.68. The number of esters is 2. The smallest absolute Gasteiger partial charge is 0.340 e. The van der Waals surface area contributed by atoms with Crippen LogP contribution in [-0.2, 0) is 20.7 Å². The van der Waals surface area contributed by atoms with Crippen molar-refractivity contribution in [3.8, 4) is 0 Å². The van der Waals surface area contributed by atoms with E-state index < -0.39 is 17.7 Å². The zero-order valence-electron chi connectivity index (χ0n) is 15.5. The number of carbonyl (C=O) groups is 3. The minimum atomic E-state index is -0.478. The molecule has 1 aromatic heterocycles. The van der Waals surface area contributed by atoms with Crippen LogP contribution in [0.4, 0.5) is 0 Å². The second kappa shape index (κ2) is 8.47. The highest BCUT2D eigenvalue weighted by Crippen LogP contribution is 2.19. The number of ketones is 1. The number of hydrogen-bond donors (Lipinski definition) is 1. The molecule has 0 fully saturated rings. The molecule has 0 saturated carbocycles. The van der Waals surface area contributed by atoms with E-state index in [0.29, 0.717) is 16.8 Å². The summed E-state index contributed by atoms with van der Waals surface area (Å²) in [5.41, 5.74) is 3.59. The Bertz CT molecular complexity index is 817. The molecular formula is C20H23NO5. The number of aromatic nitrogens is 1. The summed E-state index contributed by atoms with van der Waals surface area (Å²) in [5.74, 6) is -1.35. The molecule has 2 aromatic rings. The van der Waals surface area contributed by atoms with Gasteiger partial charge in [-0.2, -0.15) is 0 Å². The largest absolute Gasteiger partial charge is 0.462 e. The van der Waals surface area contributed by atoms with Gasteiger partial charge < -0.3 is 14.5 Å². The Labute approximate surface area is 152 Å². The average molecular weight is 357 g/mol. The van der Waals surface area contributed by atoms with Crippen molar-refractivity contribution >= 4 is 17.7 Å². The molecule has 6 nitrogen and oxygen atoms in total. The van der Waals surface area contributed by atoms with Crippen molar-refractivity contribution in [2.45, 2.75) is 34.1 Å². The topological polar surface area (TPSA) is 85.5 Å². The van der Waals surface area contributed by atoms with Crippen LogP contribution in [0.25, 0.3) is 0 Å². The standard InChI is InChI=1S/C20H23NO5/c1-5-25-20(24)18-13(3)19(21-14(18)4)16(22)11-26-17(23)10-15-8-6-12(2)7-9-15/h6-9,21H,5,10-11H2,1-4H3. The first kappa shape index (κ1) is 19.4. The molecule has 0 aliphatic carbocycles. The number of hydrogen-bond acceptors (Lipinski definition) is 5. The third-order valence-electron chi connectivity index (χ3n) is 4.03. The van der Waals surface area contributed by atoms with E-state index in [2.05, 4.69) is 4.98 Å². The Morgan fingerprint density at radius 3 is 2.27 bits per heavy atom. The summed E-state index contributed by atoms with van der Waals surface area (Å²) >= 11 is 0. The Balaban J connectivity index is 1.99. The lowest BCUT2D eigenvalue weighted by molar-refractivity contribution is -0.141. The lowest BCUT2D eigenvalue weighted by Gasteiger charge is -2.05. The van der Waals surface area contributed by atoms with Gasteiger partial charge in [-0.3, -0.25) is 9.59 Å². The van der Waals surface area contributed by atoms with Crippen molar-refractivity contribution in [2.75, 3.05) is 13.2 Å². The fraction of sp³-hybridized carbons (Fsp3) is 0.350. The van der Waals surface area contributed by atoms with Gasteiger partial charge in [-0.05, 0) is 38.8 Å². The zero-order valence-corrected chi connectivity index (χ0v) is 15.5. The first-order valence-corrected chi connectivity index (χ1v) is 8.44. The Morgan fingerprint density at radius 2 is 1.65 bits per heavy atom. The van der Waals surface area contributed by atoms with E-state index in [9.17, 15) is 14.4 Å². The number of benzene rings is 1. The maximum atomic E-state index is 12.4. The predicted octanol–water partition coefficient (Wildman–Crippen LogP) is 3.09. The van der Waals surface area contributed by atoms with E-state index in [1.807, 2.05) is 31.2 Å². The van der Waals surface area contributed by atoms with Crippen LogP contribution in [0.15, 0.2) is 24.3 Å². The predicted molar refractivity (Wildman–Crippen MR) is 96.4 cm³/mol. The fourth-order valence-electron chi connectivity index (χ4n) is 2.68. The molecule has 1 heterocycles. The van der Waals surface area contributed by atoms with Crippen molar-refractivity contribution in [2.24, 2.45) is 0 Å². The molecule has 0 radical (unpaired) electrons. The van der Waals surface area contributed by atoms with Crippen molar-refractivity contribution in [1.29, 1.82) is 0 Å². The Hall–Kier alpha value is -2.89. The number of H-pyrrole nitrogens is 1. The summed E-state index contributed by atoms with van der Waals surface area (Å²) < 4.78 is 10.1. The molecule has 0 spiro atoms. The second-order valence-corrected chi connectivity index (χ2v) is 6.09. The molecule has 26 heavy (non-hydrogen) atoms. The van der Waals surface area contributed by atoms with Gasteiger partial charge in [0.15, 0.2) is 6.61 Å². The number of carbonyl (C=O) groups excluding carboxylic acids is 3. The third-order valence-corrected chi connectivity index (χ3v) is 4.03. The first-order chi connectivity index (χ1) is 12.3. The van der Waals surface area contributed by atoms with Gasteiger partial charge in [0.05, 0.1) is 24.3 Å². The van der Waals surface area contributed by atoms with Gasteiger partial charge in [0.2, 0.25) is 5.78 Å². The molecule has 0 amide bonds. The molecule has 6 heteroatoms. The SMILES string of the molecule is CCOC(=O)c1c(C)[nH]c(C(=O)COC(=O)Cc2ccc(C)cc2)c1C. The highest BCUT2D eigenvalue weighted by Gasteiger charge is 2.23. The number of aryl methyl sites for hydroxylation is 2. The van der Waals surface area contributed by atoms with E-state index in [-0.39, 0.29) is 25.3 Å². The Kier molecular flexibility index (Phi) is 6.33. The summed E-state index contributed by atoms with van der Waals surface area (Å²) in [6.07, 6.45) is 0.102. The van der Waals surface area contributed by atoms with Crippen LogP contribution >= 0.6 is 0 Å². The van der Waals surface area contributed by atoms with Crippen molar-refractivity contribution in [1.82, 2.24) is 4.98 Å². The van der Waals surface area contributed by atoms with Gasteiger partial charge in [0.1, 0.15) is 0 Å². The van der Waals surface area contributed by atoms with Gasteiger partial charge >= 0.3 is 11.9 Å². The lowest BCUT2D eigenvalue weighted by atomic mass is 10.1. The number of ether oxygens (including phenoxy) is 2. The molecule has 0 unspecified atom stereocenters. The van der Waals surface area contributed by atoms with Crippen molar-refractivity contribution < 1.29 is 23.9 Å². The number of rotatable bonds is 7. The molecule has 2 rings (SSSR count). The van der Waals surface area contributed by atoms with Gasteiger partial charge in [0, 0.05) is 5.69 Å². The summed E-state index contributed by atoms with van der Waals surface area (Å²) in [5, 5.41) is 0. The summed E-state index contributed by atoms with van der Waals surface area (Å²) in [4.78, 5) is 39.1. The summed E-state index contributed by atoms with van der Waals surface area (Å²) in [6, 6.07) is 7.52.